The Morgan fingerprint density at radius 3 is 2.46 bits per heavy atom. The van der Waals surface area contributed by atoms with Gasteiger partial charge in [-0.15, -0.1) is 0 Å². The summed E-state index contributed by atoms with van der Waals surface area (Å²) in [5.41, 5.74) is 1.19. The van der Waals surface area contributed by atoms with Gasteiger partial charge in [-0.3, -0.25) is 9.59 Å². The minimum atomic E-state index is -0.766. The zero-order chi connectivity index (χ0) is 24.9. The molecule has 0 spiro atoms. The van der Waals surface area contributed by atoms with Crippen LogP contribution in [0.4, 0.5) is 0 Å². The van der Waals surface area contributed by atoms with Crippen LogP contribution in [0.2, 0.25) is 0 Å². The molecule has 1 aromatic heterocycles. The second kappa shape index (κ2) is 10.8. The second-order valence-electron chi connectivity index (χ2n) is 8.68. The van der Waals surface area contributed by atoms with Crippen molar-refractivity contribution in [2.45, 2.75) is 33.2 Å². The maximum Gasteiger partial charge on any atom is 0.239 e. The molecule has 1 aliphatic rings. The molecular formula is C28H32N2O5. The molecule has 2 heterocycles. The molecule has 7 nitrogen and oxygen atoms in total. The fraction of sp³-hybridized carbons (Fsp3) is 0.357. The molecule has 1 amide bonds. The van der Waals surface area contributed by atoms with Crippen LogP contribution in [-0.2, 0) is 4.79 Å². The van der Waals surface area contributed by atoms with Crippen LogP contribution in [0, 0.1) is 0 Å². The van der Waals surface area contributed by atoms with E-state index in [1.54, 1.807) is 24.3 Å². The van der Waals surface area contributed by atoms with E-state index in [2.05, 4.69) is 13.8 Å². The number of ketones is 1. The van der Waals surface area contributed by atoms with Crippen LogP contribution < -0.4 is 14.7 Å². The first-order valence-corrected chi connectivity index (χ1v) is 12.3. The minimum Gasteiger partial charge on any atom is -0.868 e. The van der Waals surface area contributed by atoms with Crippen molar-refractivity contribution >= 4 is 22.7 Å². The van der Waals surface area contributed by atoms with Crippen molar-refractivity contribution in [3.63, 3.8) is 0 Å². The number of hydrogen-bond donors (Lipinski definition) is 1. The maximum atomic E-state index is 13.6. The maximum absolute atomic E-state index is 13.6. The number of furan rings is 1. The van der Waals surface area contributed by atoms with Gasteiger partial charge in [0.15, 0.2) is 5.76 Å². The normalized spacial score (nSPS) is 16.1. The monoisotopic (exact) mass is 476 g/mol. The van der Waals surface area contributed by atoms with Crippen LogP contribution >= 0.6 is 0 Å². The van der Waals surface area contributed by atoms with Gasteiger partial charge in [0.2, 0.25) is 11.7 Å². The Hall–Kier alpha value is -3.58. The molecule has 1 N–H and O–H groups in total. The SMILES string of the molecule is CCOc1ccc(C2C(C(=O)c3cc4ccccc4o3)=C([O-])C(=O)N2CCC[NH+](CC)CC)cc1. The largest absolute Gasteiger partial charge is 0.868 e. The fourth-order valence-electron chi connectivity index (χ4n) is 4.69. The number of fused-ring (bicyclic) bond motifs is 1. The Bertz CT molecular complexity index is 1190. The van der Waals surface area contributed by atoms with E-state index in [9.17, 15) is 14.7 Å². The molecule has 0 saturated heterocycles. The van der Waals surface area contributed by atoms with E-state index in [1.165, 1.54) is 9.80 Å². The molecule has 0 aliphatic carbocycles. The van der Waals surface area contributed by atoms with Gasteiger partial charge in [0.25, 0.3) is 0 Å². The minimum absolute atomic E-state index is 0.0617. The summed E-state index contributed by atoms with van der Waals surface area (Å²) in [5, 5.41) is 14.0. The molecule has 3 aromatic rings. The third-order valence-corrected chi connectivity index (χ3v) is 6.61. The van der Waals surface area contributed by atoms with Crippen molar-refractivity contribution < 1.29 is 28.7 Å². The molecule has 184 valence electrons. The number of carbonyl (C=O) groups excluding carboxylic acids is 2. The summed E-state index contributed by atoms with van der Waals surface area (Å²) in [5.74, 6) is -1.20. The van der Waals surface area contributed by atoms with Gasteiger partial charge in [-0.1, -0.05) is 30.3 Å². The van der Waals surface area contributed by atoms with Crippen molar-refractivity contribution in [1.29, 1.82) is 0 Å². The van der Waals surface area contributed by atoms with Gasteiger partial charge >= 0.3 is 0 Å². The topological polar surface area (TPSA) is 87.2 Å². The molecular weight excluding hydrogens is 444 g/mol. The van der Waals surface area contributed by atoms with E-state index in [0.29, 0.717) is 30.0 Å². The predicted molar refractivity (Wildman–Crippen MR) is 131 cm³/mol. The van der Waals surface area contributed by atoms with E-state index < -0.39 is 23.5 Å². The van der Waals surface area contributed by atoms with E-state index in [-0.39, 0.29) is 11.3 Å². The Labute approximate surface area is 205 Å². The summed E-state index contributed by atoms with van der Waals surface area (Å²) in [6, 6.07) is 15.4. The molecule has 7 heteroatoms. The third kappa shape index (κ3) is 4.95. The number of ether oxygens (including phenoxy) is 1. The van der Waals surface area contributed by atoms with Crippen LogP contribution in [0.1, 0.15) is 49.4 Å². The molecule has 1 aliphatic heterocycles. The second-order valence-corrected chi connectivity index (χ2v) is 8.68. The molecule has 1 atom stereocenters. The highest BCUT2D eigenvalue weighted by atomic mass is 16.5. The van der Waals surface area contributed by atoms with Crippen LogP contribution in [0.15, 0.2) is 70.3 Å². The highest BCUT2D eigenvalue weighted by molar-refractivity contribution is 6.15. The average molecular weight is 477 g/mol. The third-order valence-electron chi connectivity index (χ3n) is 6.61. The van der Waals surface area contributed by atoms with Crippen molar-refractivity contribution in [2.75, 3.05) is 32.8 Å². The molecule has 0 radical (unpaired) electrons. The van der Waals surface area contributed by atoms with E-state index in [0.717, 1.165) is 31.4 Å². The molecule has 35 heavy (non-hydrogen) atoms. The lowest BCUT2D eigenvalue weighted by atomic mass is 9.95. The molecule has 0 saturated carbocycles. The Balaban J connectivity index is 1.69. The zero-order valence-electron chi connectivity index (χ0n) is 20.5. The van der Waals surface area contributed by atoms with Crippen LogP contribution in [-0.4, -0.2) is 49.4 Å². The van der Waals surface area contributed by atoms with Gasteiger partial charge in [0.05, 0.1) is 32.3 Å². The molecule has 0 bridgehead atoms. The first-order chi connectivity index (χ1) is 17.0. The number of carbonyl (C=O) groups is 2. The average Bonchev–Trinajstić information content (AvgIpc) is 3.42. The molecule has 0 fully saturated rings. The first kappa shape index (κ1) is 24.5. The van der Waals surface area contributed by atoms with E-state index in [4.69, 9.17) is 9.15 Å². The van der Waals surface area contributed by atoms with Gasteiger partial charge in [-0.05, 0) is 56.4 Å². The predicted octanol–water partition coefficient (Wildman–Crippen LogP) is 2.53. The summed E-state index contributed by atoms with van der Waals surface area (Å²) in [6.07, 6.45) is 0.732. The van der Waals surface area contributed by atoms with Gasteiger partial charge in [-0.2, -0.15) is 0 Å². The number of nitrogens with one attached hydrogen (secondary N) is 1. The summed E-state index contributed by atoms with van der Waals surface area (Å²) < 4.78 is 11.3. The first-order valence-electron chi connectivity index (χ1n) is 12.3. The van der Waals surface area contributed by atoms with Crippen molar-refractivity contribution in [3.8, 4) is 5.75 Å². The molecule has 4 rings (SSSR count). The highest BCUT2D eigenvalue weighted by Gasteiger charge is 2.40. The van der Waals surface area contributed by atoms with E-state index in [1.807, 2.05) is 37.3 Å². The van der Waals surface area contributed by atoms with Crippen molar-refractivity contribution in [2.24, 2.45) is 0 Å². The standard InChI is InChI=1S/C28H32N2O5/c1-4-29(5-2)16-9-17-30-25(19-12-14-21(15-13-19)34-6-3)24(27(32)28(30)33)26(31)23-18-20-10-7-8-11-22(20)35-23/h7-8,10-15,18,25,32H,4-6,9,16-17H2,1-3H3. The number of rotatable bonds is 11. The summed E-state index contributed by atoms with van der Waals surface area (Å²) in [4.78, 5) is 29.7. The highest BCUT2D eigenvalue weighted by Crippen LogP contribution is 2.39. The lowest BCUT2D eigenvalue weighted by molar-refractivity contribution is -0.896. The number of quaternary nitrogens is 1. The Morgan fingerprint density at radius 1 is 1.09 bits per heavy atom. The smallest absolute Gasteiger partial charge is 0.239 e. The van der Waals surface area contributed by atoms with Gasteiger partial charge in [-0.25, -0.2) is 0 Å². The summed E-state index contributed by atoms with van der Waals surface area (Å²) in [7, 11) is 0. The van der Waals surface area contributed by atoms with Crippen LogP contribution in [0.25, 0.3) is 11.0 Å². The van der Waals surface area contributed by atoms with Gasteiger partial charge in [0.1, 0.15) is 11.3 Å². The van der Waals surface area contributed by atoms with Crippen LogP contribution in [0.3, 0.4) is 0 Å². The van der Waals surface area contributed by atoms with Crippen molar-refractivity contribution in [1.82, 2.24) is 4.90 Å². The summed E-state index contributed by atoms with van der Waals surface area (Å²) >= 11 is 0. The number of hydrogen-bond acceptors (Lipinski definition) is 5. The Morgan fingerprint density at radius 2 is 1.80 bits per heavy atom. The number of amides is 1. The number of para-hydroxylation sites is 1. The zero-order valence-corrected chi connectivity index (χ0v) is 20.5. The summed E-state index contributed by atoms with van der Waals surface area (Å²) in [6.45, 7) is 9.95. The quantitative estimate of drug-likeness (QED) is 0.430. The fourth-order valence-corrected chi connectivity index (χ4v) is 4.69. The molecule has 1 unspecified atom stereocenters. The number of nitrogens with zero attached hydrogens (tertiary/aromatic N) is 1. The number of Topliss-reactive ketones (excluding diaryl/α,β-unsaturated/α-hetero) is 1. The molecule has 2 aromatic carbocycles. The number of benzene rings is 2. The van der Waals surface area contributed by atoms with Gasteiger partial charge < -0.3 is 24.1 Å². The lowest BCUT2D eigenvalue weighted by Crippen LogP contribution is -3.11. The Kier molecular flexibility index (Phi) is 7.56. The van der Waals surface area contributed by atoms with E-state index >= 15 is 0 Å². The van der Waals surface area contributed by atoms with Gasteiger partial charge in [0, 0.05) is 23.9 Å². The lowest BCUT2D eigenvalue weighted by Gasteiger charge is -2.28. The van der Waals surface area contributed by atoms with Crippen molar-refractivity contribution in [3.05, 3.63) is 77.3 Å². The van der Waals surface area contributed by atoms with Crippen LogP contribution in [0.5, 0.6) is 5.75 Å².